The van der Waals surface area contributed by atoms with Crippen LogP contribution in [-0.2, 0) is 20.9 Å². The van der Waals surface area contributed by atoms with E-state index in [-0.39, 0.29) is 30.0 Å². The van der Waals surface area contributed by atoms with Gasteiger partial charge in [0.15, 0.2) is 11.5 Å². The normalized spacial score (nSPS) is 14.3. The minimum Gasteiger partial charge on any atom is -0.490 e. The van der Waals surface area contributed by atoms with E-state index in [0.29, 0.717) is 27.1 Å². The van der Waals surface area contributed by atoms with Crippen molar-refractivity contribution < 1.29 is 37.8 Å². The minimum absolute atomic E-state index is 0.0570. The molecule has 1 fully saturated rings. The van der Waals surface area contributed by atoms with E-state index >= 15 is 0 Å². The lowest BCUT2D eigenvalue weighted by atomic mass is 10.1. The summed E-state index contributed by atoms with van der Waals surface area (Å²) in [5.41, 5.74) is 0.825. The lowest BCUT2D eigenvalue weighted by molar-refractivity contribution is -0.122. The fourth-order valence-corrected chi connectivity index (χ4v) is 4.34. The van der Waals surface area contributed by atoms with E-state index in [0.717, 1.165) is 4.90 Å². The molecule has 0 spiro atoms. The Balaban J connectivity index is 1.65. The maximum absolute atomic E-state index is 14.0. The van der Waals surface area contributed by atoms with E-state index in [1.807, 2.05) is 0 Å². The van der Waals surface area contributed by atoms with Crippen molar-refractivity contribution in [2.24, 2.45) is 0 Å². The van der Waals surface area contributed by atoms with Crippen LogP contribution in [0.1, 0.15) is 28.4 Å². The zero-order valence-electron chi connectivity index (χ0n) is 20.8. The van der Waals surface area contributed by atoms with Gasteiger partial charge in [0, 0.05) is 5.56 Å². The molecule has 1 saturated heterocycles. The third-order valence-electron chi connectivity index (χ3n) is 5.62. The van der Waals surface area contributed by atoms with Crippen LogP contribution < -0.4 is 19.7 Å². The van der Waals surface area contributed by atoms with E-state index in [9.17, 15) is 23.6 Å². The van der Waals surface area contributed by atoms with Crippen molar-refractivity contribution in [1.29, 1.82) is 0 Å². The average Bonchev–Trinajstić information content (AvgIpc) is 2.91. The Morgan fingerprint density at radius 3 is 2.44 bits per heavy atom. The van der Waals surface area contributed by atoms with Gasteiger partial charge in [0.05, 0.1) is 29.4 Å². The Morgan fingerprint density at radius 1 is 1.05 bits per heavy atom. The number of carbonyl (C=O) groups is 4. The standard InChI is InChI=1S/C28H22BrFN2O7/c1-3-38-23-14-16(13-21(29)24(23)39-15-18-6-4-5-7-22(18)30)12-20-25(33)31-28(36)32(26(20)34)19-10-8-17(9-11-19)27(35)37-2/h4-14H,3,15H2,1-2H3,(H,31,33,36)/b20-12+. The number of ether oxygens (including phenoxy) is 3. The Hall–Kier alpha value is -4.51. The van der Waals surface area contributed by atoms with Crippen molar-refractivity contribution in [2.75, 3.05) is 18.6 Å². The van der Waals surface area contributed by atoms with Gasteiger partial charge in [-0.25, -0.2) is 18.9 Å². The van der Waals surface area contributed by atoms with Gasteiger partial charge in [0.1, 0.15) is 18.0 Å². The van der Waals surface area contributed by atoms with Gasteiger partial charge in [-0.2, -0.15) is 0 Å². The second-order valence-electron chi connectivity index (χ2n) is 8.14. The molecule has 200 valence electrons. The summed E-state index contributed by atoms with van der Waals surface area (Å²) in [6.07, 6.45) is 1.31. The lowest BCUT2D eigenvalue weighted by Gasteiger charge is -2.26. The van der Waals surface area contributed by atoms with E-state index < -0.39 is 29.6 Å². The summed E-state index contributed by atoms with van der Waals surface area (Å²) >= 11 is 3.42. The summed E-state index contributed by atoms with van der Waals surface area (Å²) in [6, 6.07) is 14.0. The van der Waals surface area contributed by atoms with Gasteiger partial charge < -0.3 is 14.2 Å². The maximum Gasteiger partial charge on any atom is 0.337 e. The van der Waals surface area contributed by atoms with Gasteiger partial charge in [-0.1, -0.05) is 18.2 Å². The predicted octanol–water partition coefficient (Wildman–Crippen LogP) is 5.02. The molecule has 1 heterocycles. The number of barbiturate groups is 1. The molecule has 1 aliphatic heterocycles. The highest BCUT2D eigenvalue weighted by atomic mass is 79.9. The number of benzene rings is 3. The Labute approximate surface area is 231 Å². The monoisotopic (exact) mass is 596 g/mol. The molecular formula is C28H22BrFN2O7. The fraction of sp³-hybridized carbons (Fsp3) is 0.143. The topological polar surface area (TPSA) is 111 Å². The van der Waals surface area contributed by atoms with Crippen molar-refractivity contribution in [3.8, 4) is 11.5 Å². The number of urea groups is 1. The molecule has 11 heteroatoms. The summed E-state index contributed by atoms with van der Waals surface area (Å²) in [4.78, 5) is 50.9. The lowest BCUT2D eigenvalue weighted by Crippen LogP contribution is -2.54. The quantitative estimate of drug-likeness (QED) is 0.221. The van der Waals surface area contributed by atoms with E-state index in [4.69, 9.17) is 9.47 Å². The van der Waals surface area contributed by atoms with Crippen molar-refractivity contribution in [3.05, 3.63) is 93.2 Å². The second kappa shape index (κ2) is 11.9. The average molecular weight is 597 g/mol. The number of amides is 4. The van der Waals surface area contributed by atoms with Crippen LogP contribution in [0.3, 0.4) is 0 Å². The van der Waals surface area contributed by atoms with Gasteiger partial charge in [-0.05, 0) is 77.0 Å². The molecule has 0 saturated carbocycles. The van der Waals surface area contributed by atoms with Gasteiger partial charge >= 0.3 is 12.0 Å². The third-order valence-corrected chi connectivity index (χ3v) is 6.21. The zero-order chi connectivity index (χ0) is 28.1. The molecule has 3 aromatic carbocycles. The van der Waals surface area contributed by atoms with Gasteiger partial charge in [0.25, 0.3) is 11.8 Å². The molecule has 0 bridgehead atoms. The first-order valence-corrected chi connectivity index (χ1v) is 12.4. The van der Waals surface area contributed by atoms with Crippen LogP contribution in [0.15, 0.2) is 70.7 Å². The number of imide groups is 2. The number of halogens is 2. The largest absolute Gasteiger partial charge is 0.490 e. The molecule has 1 aliphatic rings. The van der Waals surface area contributed by atoms with Crippen LogP contribution in [0.5, 0.6) is 11.5 Å². The maximum atomic E-state index is 14.0. The van der Waals surface area contributed by atoms with Gasteiger partial charge in [-0.15, -0.1) is 0 Å². The fourth-order valence-electron chi connectivity index (χ4n) is 3.76. The Morgan fingerprint density at radius 2 is 1.77 bits per heavy atom. The van der Waals surface area contributed by atoms with E-state index in [1.165, 1.54) is 43.5 Å². The first kappa shape index (κ1) is 27.5. The summed E-state index contributed by atoms with van der Waals surface area (Å²) in [5.74, 6) is -2.11. The molecule has 0 atom stereocenters. The molecule has 0 unspecified atom stereocenters. The Kier molecular flexibility index (Phi) is 8.40. The number of anilines is 1. The molecule has 39 heavy (non-hydrogen) atoms. The summed E-state index contributed by atoms with van der Waals surface area (Å²) in [5, 5.41) is 2.15. The molecule has 0 radical (unpaired) electrons. The molecule has 4 rings (SSSR count). The summed E-state index contributed by atoms with van der Waals surface area (Å²) in [6.45, 7) is 2.00. The second-order valence-corrected chi connectivity index (χ2v) is 8.99. The molecule has 1 N–H and O–H groups in total. The number of rotatable bonds is 8. The van der Waals surface area contributed by atoms with Crippen molar-refractivity contribution in [2.45, 2.75) is 13.5 Å². The number of hydrogen-bond donors (Lipinski definition) is 1. The molecule has 3 aromatic rings. The predicted molar refractivity (Wildman–Crippen MR) is 143 cm³/mol. The SMILES string of the molecule is CCOc1cc(/C=C2\C(=O)NC(=O)N(c3ccc(C(=O)OC)cc3)C2=O)cc(Br)c1OCc1ccccc1F. The summed E-state index contributed by atoms with van der Waals surface area (Å²) in [7, 11) is 1.23. The van der Waals surface area contributed by atoms with Gasteiger partial charge in [-0.3, -0.25) is 14.9 Å². The van der Waals surface area contributed by atoms with Crippen LogP contribution in [-0.4, -0.2) is 37.5 Å². The highest BCUT2D eigenvalue weighted by Crippen LogP contribution is 2.38. The van der Waals surface area contributed by atoms with Crippen molar-refractivity contribution in [1.82, 2.24) is 5.32 Å². The number of hydrogen-bond acceptors (Lipinski definition) is 7. The molecule has 4 amide bonds. The van der Waals surface area contributed by atoms with Crippen LogP contribution in [0.2, 0.25) is 0 Å². The van der Waals surface area contributed by atoms with Crippen LogP contribution in [0.4, 0.5) is 14.9 Å². The van der Waals surface area contributed by atoms with E-state index in [2.05, 4.69) is 26.0 Å². The number of methoxy groups -OCH3 is 1. The highest BCUT2D eigenvalue weighted by molar-refractivity contribution is 9.10. The molecular weight excluding hydrogens is 575 g/mol. The molecule has 0 aromatic heterocycles. The molecule has 9 nitrogen and oxygen atoms in total. The first-order chi connectivity index (χ1) is 18.7. The smallest absolute Gasteiger partial charge is 0.337 e. The molecule has 0 aliphatic carbocycles. The summed E-state index contributed by atoms with van der Waals surface area (Å²) < 4.78 is 30.7. The number of carbonyl (C=O) groups excluding carboxylic acids is 4. The van der Waals surface area contributed by atoms with Crippen LogP contribution in [0, 0.1) is 5.82 Å². The van der Waals surface area contributed by atoms with Crippen molar-refractivity contribution >= 4 is 51.5 Å². The Bertz CT molecular complexity index is 1490. The van der Waals surface area contributed by atoms with E-state index in [1.54, 1.807) is 37.3 Å². The number of nitrogens with zero attached hydrogens (tertiary/aromatic N) is 1. The highest BCUT2D eigenvalue weighted by Gasteiger charge is 2.37. The third kappa shape index (κ3) is 5.99. The number of nitrogens with one attached hydrogen (secondary N) is 1. The first-order valence-electron chi connectivity index (χ1n) is 11.7. The van der Waals surface area contributed by atoms with Crippen LogP contribution in [0.25, 0.3) is 6.08 Å². The zero-order valence-corrected chi connectivity index (χ0v) is 22.4. The minimum atomic E-state index is -0.930. The number of esters is 1. The van der Waals surface area contributed by atoms with Gasteiger partial charge in [0.2, 0.25) is 0 Å². The van der Waals surface area contributed by atoms with Crippen LogP contribution >= 0.6 is 15.9 Å². The van der Waals surface area contributed by atoms with Crippen molar-refractivity contribution in [3.63, 3.8) is 0 Å².